The number of benzene rings is 2. The van der Waals surface area contributed by atoms with Gasteiger partial charge in [0.25, 0.3) is 0 Å². The summed E-state index contributed by atoms with van der Waals surface area (Å²) in [6, 6.07) is 11.5. The molecule has 1 N–H and O–H groups in total. The van der Waals surface area contributed by atoms with E-state index in [1.165, 1.54) is 32.3 Å². The molecule has 0 aliphatic rings. The van der Waals surface area contributed by atoms with Gasteiger partial charge in [-0.2, -0.15) is 0 Å². The number of nitrogens with zero attached hydrogens (tertiary/aromatic N) is 1. The summed E-state index contributed by atoms with van der Waals surface area (Å²) in [6.45, 7) is 5.04. The first-order valence-corrected chi connectivity index (χ1v) is 11.1. The lowest BCUT2D eigenvalue weighted by Crippen LogP contribution is -2.22. The van der Waals surface area contributed by atoms with E-state index >= 15 is 0 Å². The third-order valence-corrected chi connectivity index (χ3v) is 5.89. The maximum atomic E-state index is 12.2. The highest BCUT2D eigenvalue weighted by Crippen LogP contribution is 2.29. The Morgan fingerprint density at radius 2 is 1.73 bits per heavy atom. The number of rotatable bonds is 10. The van der Waals surface area contributed by atoms with Gasteiger partial charge in [0.2, 0.25) is 15.9 Å². The van der Waals surface area contributed by atoms with Crippen molar-refractivity contribution < 1.29 is 22.7 Å². The van der Waals surface area contributed by atoms with E-state index in [4.69, 9.17) is 9.47 Å². The molecule has 0 fully saturated rings. The quantitative estimate of drug-likeness (QED) is 0.578. The van der Waals surface area contributed by atoms with Crippen LogP contribution >= 0.6 is 0 Å². The topological polar surface area (TPSA) is 84.9 Å². The molecule has 0 aliphatic carbocycles. The van der Waals surface area contributed by atoms with E-state index in [0.717, 1.165) is 16.3 Å². The number of anilines is 1. The molecular formula is C22H28N2O5S. The minimum atomic E-state index is -3.50. The molecule has 30 heavy (non-hydrogen) atoms. The van der Waals surface area contributed by atoms with Crippen molar-refractivity contribution in [1.82, 2.24) is 4.31 Å². The van der Waals surface area contributed by atoms with Crippen LogP contribution < -0.4 is 14.8 Å². The zero-order chi connectivity index (χ0) is 22.1. The number of carbonyl (C=O) groups is 1. The maximum Gasteiger partial charge on any atom is 0.248 e. The van der Waals surface area contributed by atoms with Crippen LogP contribution in [0.5, 0.6) is 11.5 Å². The van der Waals surface area contributed by atoms with E-state index in [1.807, 2.05) is 32.0 Å². The molecule has 162 valence electrons. The van der Waals surface area contributed by atoms with Gasteiger partial charge in [-0.3, -0.25) is 4.79 Å². The van der Waals surface area contributed by atoms with Crippen molar-refractivity contribution in [2.75, 3.05) is 32.6 Å². The second-order valence-electron chi connectivity index (χ2n) is 6.62. The first kappa shape index (κ1) is 23.4. The molecule has 2 aromatic carbocycles. The molecule has 2 rings (SSSR count). The lowest BCUT2D eigenvalue weighted by molar-refractivity contribution is -0.111. The van der Waals surface area contributed by atoms with Crippen LogP contribution in [0.1, 0.15) is 25.8 Å². The lowest BCUT2D eigenvalue weighted by atomic mass is 10.2. The van der Waals surface area contributed by atoms with Gasteiger partial charge < -0.3 is 14.8 Å². The van der Waals surface area contributed by atoms with Crippen LogP contribution in [0, 0.1) is 0 Å². The molecule has 0 atom stereocenters. The Bertz CT molecular complexity index is 983. The largest absolute Gasteiger partial charge is 0.490 e. The van der Waals surface area contributed by atoms with Gasteiger partial charge in [0.15, 0.2) is 11.5 Å². The van der Waals surface area contributed by atoms with Crippen molar-refractivity contribution in [1.29, 1.82) is 0 Å². The maximum absolute atomic E-state index is 12.2. The molecule has 0 aromatic heterocycles. The van der Waals surface area contributed by atoms with E-state index in [9.17, 15) is 13.2 Å². The summed E-state index contributed by atoms with van der Waals surface area (Å²) in [7, 11) is -0.567. The third-order valence-electron chi connectivity index (χ3n) is 4.06. The van der Waals surface area contributed by atoms with Gasteiger partial charge in [0.05, 0.1) is 18.1 Å². The Morgan fingerprint density at radius 3 is 2.33 bits per heavy atom. The molecule has 0 bridgehead atoms. The smallest absolute Gasteiger partial charge is 0.248 e. The van der Waals surface area contributed by atoms with E-state index < -0.39 is 10.0 Å². The Morgan fingerprint density at radius 1 is 1.03 bits per heavy atom. The van der Waals surface area contributed by atoms with Crippen molar-refractivity contribution in [3.8, 4) is 11.5 Å². The zero-order valence-electron chi connectivity index (χ0n) is 17.7. The highest BCUT2D eigenvalue weighted by Gasteiger charge is 2.16. The summed E-state index contributed by atoms with van der Waals surface area (Å²) in [5.74, 6) is 0.974. The number of nitrogens with one attached hydrogen (secondary N) is 1. The molecule has 7 nitrogen and oxygen atoms in total. The molecule has 0 aliphatic heterocycles. The molecule has 0 saturated heterocycles. The van der Waals surface area contributed by atoms with Crippen LogP contribution in [0.4, 0.5) is 5.69 Å². The van der Waals surface area contributed by atoms with Crippen molar-refractivity contribution in [3.05, 3.63) is 54.1 Å². The van der Waals surface area contributed by atoms with Crippen LogP contribution in [-0.2, 0) is 14.8 Å². The first-order valence-electron chi connectivity index (χ1n) is 9.69. The predicted molar refractivity (Wildman–Crippen MR) is 118 cm³/mol. The van der Waals surface area contributed by atoms with Gasteiger partial charge in [-0.15, -0.1) is 0 Å². The molecule has 0 spiro atoms. The Hall–Kier alpha value is -2.84. The molecule has 0 unspecified atom stereocenters. The van der Waals surface area contributed by atoms with E-state index in [0.29, 0.717) is 30.4 Å². The van der Waals surface area contributed by atoms with Gasteiger partial charge in [-0.05, 0) is 61.4 Å². The van der Waals surface area contributed by atoms with Gasteiger partial charge in [-0.25, -0.2) is 12.7 Å². The van der Waals surface area contributed by atoms with Crippen LogP contribution in [0.2, 0.25) is 0 Å². The number of sulfonamides is 1. The van der Waals surface area contributed by atoms with Crippen LogP contribution in [-0.4, -0.2) is 45.9 Å². The van der Waals surface area contributed by atoms with Crippen molar-refractivity contribution in [3.63, 3.8) is 0 Å². The average Bonchev–Trinajstić information content (AvgIpc) is 2.72. The fourth-order valence-corrected chi connectivity index (χ4v) is 3.41. The SMILES string of the molecule is CCCOc1ccc(C=CC(=O)Nc2ccc(S(=O)(=O)N(C)C)cc2)cc1OCC. The summed E-state index contributed by atoms with van der Waals surface area (Å²) < 4.78 is 36.6. The number of ether oxygens (including phenoxy) is 2. The third kappa shape index (κ3) is 6.33. The minimum Gasteiger partial charge on any atom is -0.490 e. The second kappa shape index (κ2) is 10.8. The average molecular weight is 433 g/mol. The zero-order valence-corrected chi connectivity index (χ0v) is 18.5. The lowest BCUT2D eigenvalue weighted by Gasteiger charge is -2.12. The molecule has 1 amide bonds. The number of amides is 1. The summed E-state index contributed by atoms with van der Waals surface area (Å²) in [6.07, 6.45) is 3.98. The number of carbonyl (C=O) groups excluding carboxylic acids is 1. The van der Waals surface area contributed by atoms with E-state index in [1.54, 1.807) is 18.2 Å². The first-order chi connectivity index (χ1) is 14.3. The van der Waals surface area contributed by atoms with Crippen molar-refractivity contribution in [2.24, 2.45) is 0 Å². The van der Waals surface area contributed by atoms with Crippen molar-refractivity contribution >= 4 is 27.7 Å². The molecule has 2 aromatic rings. The molecule has 0 heterocycles. The monoisotopic (exact) mass is 432 g/mol. The van der Waals surface area contributed by atoms with Gasteiger partial charge in [0, 0.05) is 25.9 Å². The summed E-state index contributed by atoms with van der Waals surface area (Å²) in [5, 5.41) is 2.71. The number of hydrogen-bond acceptors (Lipinski definition) is 5. The Labute approximate surface area is 178 Å². The predicted octanol–water partition coefficient (Wildman–Crippen LogP) is 3.78. The van der Waals surface area contributed by atoms with Gasteiger partial charge >= 0.3 is 0 Å². The fraction of sp³-hybridized carbons (Fsp3) is 0.318. The van der Waals surface area contributed by atoms with Crippen LogP contribution in [0.3, 0.4) is 0 Å². The molecule has 8 heteroatoms. The van der Waals surface area contributed by atoms with Gasteiger partial charge in [-0.1, -0.05) is 13.0 Å². The summed E-state index contributed by atoms with van der Waals surface area (Å²) in [5.41, 5.74) is 1.30. The number of hydrogen-bond donors (Lipinski definition) is 1. The Balaban J connectivity index is 2.06. The Kier molecular flexibility index (Phi) is 8.44. The van der Waals surface area contributed by atoms with Crippen LogP contribution in [0.25, 0.3) is 6.08 Å². The summed E-state index contributed by atoms with van der Waals surface area (Å²) in [4.78, 5) is 12.4. The van der Waals surface area contributed by atoms with Crippen LogP contribution in [0.15, 0.2) is 53.4 Å². The summed E-state index contributed by atoms with van der Waals surface area (Å²) >= 11 is 0. The highest BCUT2D eigenvalue weighted by molar-refractivity contribution is 7.89. The molecular weight excluding hydrogens is 404 g/mol. The fourth-order valence-electron chi connectivity index (χ4n) is 2.50. The minimum absolute atomic E-state index is 0.162. The second-order valence-corrected chi connectivity index (χ2v) is 8.77. The van der Waals surface area contributed by atoms with E-state index in [-0.39, 0.29) is 10.8 Å². The normalized spacial score (nSPS) is 11.6. The molecule has 0 radical (unpaired) electrons. The van der Waals surface area contributed by atoms with Gasteiger partial charge in [0.1, 0.15) is 0 Å². The molecule has 0 saturated carbocycles. The highest BCUT2D eigenvalue weighted by atomic mass is 32.2. The van der Waals surface area contributed by atoms with E-state index in [2.05, 4.69) is 5.32 Å². The standard InChI is InChI=1S/C22H28N2O5S/c1-5-15-29-20-13-7-17(16-21(20)28-6-2)8-14-22(25)23-18-9-11-19(12-10-18)30(26,27)24(3)4/h7-14,16H,5-6,15H2,1-4H3,(H,23,25). The van der Waals surface area contributed by atoms with Crippen molar-refractivity contribution in [2.45, 2.75) is 25.2 Å².